The Labute approximate surface area is 121 Å². The van der Waals surface area contributed by atoms with Crippen LogP contribution in [-0.2, 0) is 19.5 Å². The van der Waals surface area contributed by atoms with Crippen LogP contribution < -0.4 is 5.32 Å². The van der Waals surface area contributed by atoms with Gasteiger partial charge in [-0.3, -0.25) is 4.68 Å². The van der Waals surface area contributed by atoms with Crippen LogP contribution in [0, 0.1) is 6.92 Å². The zero-order valence-corrected chi connectivity index (χ0v) is 12.4. The molecule has 0 spiro atoms. The van der Waals surface area contributed by atoms with Gasteiger partial charge in [0.1, 0.15) is 0 Å². The first-order valence-corrected chi connectivity index (χ1v) is 6.57. The average Bonchev–Trinajstić information content (AvgIpc) is 2.77. The van der Waals surface area contributed by atoms with Crippen molar-refractivity contribution < 1.29 is 0 Å². The van der Waals surface area contributed by atoms with E-state index in [1.165, 1.54) is 11.1 Å². The number of aryl methyl sites for hydroxylation is 2. The van der Waals surface area contributed by atoms with Crippen LogP contribution in [0.1, 0.15) is 23.7 Å². The van der Waals surface area contributed by atoms with E-state index in [2.05, 4.69) is 60.8 Å². The quantitative estimate of drug-likeness (QED) is 0.824. The lowest BCUT2D eigenvalue weighted by Gasteiger charge is -2.04. The minimum absolute atomic E-state index is 0. The molecule has 0 aliphatic rings. The zero-order valence-electron chi connectivity index (χ0n) is 11.6. The van der Waals surface area contributed by atoms with Gasteiger partial charge in [0.15, 0.2) is 0 Å². The second-order valence-electron chi connectivity index (χ2n) is 4.51. The highest BCUT2D eigenvalue weighted by Crippen LogP contribution is 2.05. The molecule has 2 aromatic rings. The number of aromatic nitrogens is 2. The number of halogens is 1. The topological polar surface area (TPSA) is 29.9 Å². The van der Waals surface area contributed by atoms with Gasteiger partial charge in [0.05, 0.1) is 5.69 Å². The summed E-state index contributed by atoms with van der Waals surface area (Å²) >= 11 is 0. The van der Waals surface area contributed by atoms with Crippen LogP contribution in [0.4, 0.5) is 0 Å². The molecule has 104 valence electrons. The Kier molecular flexibility index (Phi) is 6.60. The molecule has 1 aromatic heterocycles. The Morgan fingerprint density at radius 1 is 1.21 bits per heavy atom. The molecule has 1 heterocycles. The first kappa shape index (κ1) is 15.7. The van der Waals surface area contributed by atoms with Crippen molar-refractivity contribution in [2.24, 2.45) is 0 Å². The highest BCUT2D eigenvalue weighted by atomic mass is 35.5. The minimum atomic E-state index is 0. The summed E-state index contributed by atoms with van der Waals surface area (Å²) in [7, 11) is 0. The highest BCUT2D eigenvalue weighted by Gasteiger charge is 2.02. The van der Waals surface area contributed by atoms with Gasteiger partial charge < -0.3 is 5.32 Å². The summed E-state index contributed by atoms with van der Waals surface area (Å²) in [5.74, 6) is 0. The van der Waals surface area contributed by atoms with Gasteiger partial charge in [0.25, 0.3) is 0 Å². The fourth-order valence-corrected chi connectivity index (χ4v) is 2.00. The summed E-state index contributed by atoms with van der Waals surface area (Å²) in [6, 6.07) is 10.6. The molecular formula is C15H22ClN3. The summed E-state index contributed by atoms with van der Waals surface area (Å²) in [6.07, 6.45) is 3.20. The lowest BCUT2D eigenvalue weighted by atomic mass is 10.1. The van der Waals surface area contributed by atoms with E-state index in [0.717, 1.165) is 31.7 Å². The summed E-state index contributed by atoms with van der Waals surface area (Å²) in [4.78, 5) is 0. The van der Waals surface area contributed by atoms with Crippen molar-refractivity contribution in [2.45, 2.75) is 33.4 Å². The van der Waals surface area contributed by atoms with E-state index in [4.69, 9.17) is 0 Å². The first-order valence-electron chi connectivity index (χ1n) is 6.57. The van der Waals surface area contributed by atoms with E-state index in [9.17, 15) is 0 Å². The maximum absolute atomic E-state index is 4.44. The predicted molar refractivity (Wildman–Crippen MR) is 81.7 cm³/mol. The van der Waals surface area contributed by atoms with E-state index in [-0.39, 0.29) is 12.4 Å². The molecule has 2 rings (SSSR count). The van der Waals surface area contributed by atoms with E-state index in [1.807, 2.05) is 4.68 Å². The van der Waals surface area contributed by atoms with Gasteiger partial charge in [0, 0.05) is 24.8 Å². The van der Waals surface area contributed by atoms with Crippen molar-refractivity contribution >= 4 is 12.4 Å². The second kappa shape index (κ2) is 7.97. The molecule has 0 unspecified atom stereocenters. The molecule has 0 aliphatic carbocycles. The monoisotopic (exact) mass is 279 g/mol. The van der Waals surface area contributed by atoms with Crippen LogP contribution in [0.3, 0.4) is 0 Å². The second-order valence-corrected chi connectivity index (χ2v) is 4.51. The number of hydrogen-bond donors (Lipinski definition) is 1. The van der Waals surface area contributed by atoms with Crippen LogP contribution >= 0.6 is 12.4 Å². The van der Waals surface area contributed by atoms with Crippen molar-refractivity contribution in [2.75, 3.05) is 6.54 Å². The molecule has 0 saturated heterocycles. The molecule has 4 heteroatoms. The van der Waals surface area contributed by atoms with Crippen LogP contribution in [0.25, 0.3) is 0 Å². The van der Waals surface area contributed by atoms with Crippen LogP contribution in [0.5, 0.6) is 0 Å². The van der Waals surface area contributed by atoms with Crippen LogP contribution in [0.15, 0.2) is 36.5 Å². The van der Waals surface area contributed by atoms with Gasteiger partial charge in [-0.1, -0.05) is 30.3 Å². The molecule has 3 nitrogen and oxygen atoms in total. The molecular weight excluding hydrogens is 258 g/mol. The molecule has 0 amide bonds. The first-order chi connectivity index (χ1) is 8.79. The molecule has 1 aromatic carbocycles. The summed E-state index contributed by atoms with van der Waals surface area (Å²) in [5, 5.41) is 7.92. The lowest BCUT2D eigenvalue weighted by Crippen LogP contribution is -2.16. The number of nitrogens with zero attached hydrogens (tertiary/aromatic N) is 2. The van der Waals surface area contributed by atoms with E-state index >= 15 is 0 Å². The van der Waals surface area contributed by atoms with Gasteiger partial charge in [-0.05, 0) is 32.4 Å². The summed E-state index contributed by atoms with van der Waals surface area (Å²) in [6.45, 7) is 7.02. The number of hydrogen-bond acceptors (Lipinski definition) is 2. The van der Waals surface area contributed by atoms with Gasteiger partial charge in [0.2, 0.25) is 0 Å². The third-order valence-corrected chi connectivity index (χ3v) is 3.12. The maximum Gasteiger partial charge on any atom is 0.0638 e. The average molecular weight is 280 g/mol. The maximum atomic E-state index is 4.44. The normalized spacial score (nSPS) is 10.2. The Morgan fingerprint density at radius 2 is 1.95 bits per heavy atom. The Balaban J connectivity index is 0.00000180. The molecule has 0 fully saturated rings. The van der Waals surface area contributed by atoms with Crippen molar-refractivity contribution in [3.8, 4) is 0 Å². The molecule has 0 bridgehead atoms. The smallest absolute Gasteiger partial charge is 0.0638 e. The number of nitrogens with one attached hydrogen (secondary N) is 1. The highest BCUT2D eigenvalue weighted by molar-refractivity contribution is 5.85. The molecule has 1 N–H and O–H groups in total. The SMILES string of the molecule is CCn1cc(CNCCc2ccccc2)c(C)n1.Cl. The molecule has 0 aliphatic heterocycles. The van der Waals surface area contributed by atoms with Crippen LogP contribution in [-0.4, -0.2) is 16.3 Å². The minimum Gasteiger partial charge on any atom is -0.312 e. The number of benzene rings is 1. The summed E-state index contributed by atoms with van der Waals surface area (Å²) < 4.78 is 1.99. The van der Waals surface area contributed by atoms with Crippen molar-refractivity contribution in [1.29, 1.82) is 0 Å². The third kappa shape index (κ3) is 4.69. The molecule has 19 heavy (non-hydrogen) atoms. The van der Waals surface area contributed by atoms with E-state index in [1.54, 1.807) is 0 Å². The van der Waals surface area contributed by atoms with E-state index < -0.39 is 0 Å². The fraction of sp³-hybridized carbons (Fsp3) is 0.400. The van der Waals surface area contributed by atoms with Gasteiger partial charge in [-0.15, -0.1) is 12.4 Å². The van der Waals surface area contributed by atoms with Gasteiger partial charge in [-0.2, -0.15) is 5.10 Å². The number of rotatable bonds is 6. The fourth-order valence-electron chi connectivity index (χ4n) is 2.00. The Hall–Kier alpha value is -1.32. The third-order valence-electron chi connectivity index (χ3n) is 3.12. The van der Waals surface area contributed by atoms with Crippen molar-refractivity contribution in [1.82, 2.24) is 15.1 Å². The molecule has 0 atom stereocenters. The molecule has 0 radical (unpaired) electrons. The zero-order chi connectivity index (χ0) is 12.8. The predicted octanol–water partition coefficient (Wildman–Crippen LogP) is 2.97. The van der Waals surface area contributed by atoms with Crippen molar-refractivity contribution in [3.05, 3.63) is 53.3 Å². The Morgan fingerprint density at radius 3 is 2.58 bits per heavy atom. The largest absolute Gasteiger partial charge is 0.312 e. The van der Waals surface area contributed by atoms with Gasteiger partial charge >= 0.3 is 0 Å². The summed E-state index contributed by atoms with van der Waals surface area (Å²) in [5.41, 5.74) is 3.81. The lowest BCUT2D eigenvalue weighted by molar-refractivity contribution is 0.651. The standard InChI is InChI=1S/C15H21N3.ClH/c1-3-18-12-15(13(2)17-18)11-16-10-9-14-7-5-4-6-8-14;/h4-8,12,16H,3,9-11H2,1-2H3;1H. The van der Waals surface area contributed by atoms with Crippen molar-refractivity contribution in [3.63, 3.8) is 0 Å². The van der Waals surface area contributed by atoms with Crippen LogP contribution in [0.2, 0.25) is 0 Å². The Bertz CT molecular complexity index is 479. The van der Waals surface area contributed by atoms with E-state index in [0.29, 0.717) is 0 Å². The molecule has 0 saturated carbocycles. The van der Waals surface area contributed by atoms with Gasteiger partial charge in [-0.25, -0.2) is 0 Å².